The number of aryl methyl sites for hydroxylation is 1. The summed E-state index contributed by atoms with van der Waals surface area (Å²) in [6, 6.07) is 0. The highest BCUT2D eigenvalue weighted by atomic mass is 32.2. The minimum absolute atomic E-state index is 0.406. The molecule has 0 aliphatic rings. The fourth-order valence-electron chi connectivity index (χ4n) is 1.08. The lowest BCUT2D eigenvalue weighted by atomic mass is 10.0. The number of oxazole rings is 1. The minimum Gasteiger partial charge on any atom is -0.468 e. The van der Waals surface area contributed by atoms with Crippen molar-refractivity contribution < 1.29 is 13.9 Å². The summed E-state index contributed by atoms with van der Waals surface area (Å²) in [5.74, 6) is 0.249. The first-order valence-corrected chi connectivity index (χ1v) is 5.86. The fraction of sp³-hybridized carbons (Fsp3) is 0.600. The molecule has 0 amide bonds. The summed E-state index contributed by atoms with van der Waals surface area (Å²) in [6.07, 6.45) is 2.09. The lowest BCUT2D eigenvalue weighted by molar-refractivity contribution is -0.146. The van der Waals surface area contributed by atoms with E-state index in [-0.39, 0.29) is 0 Å². The molecule has 90 valence electrons. The maximum absolute atomic E-state index is 11.3. The quantitative estimate of drug-likeness (QED) is 0.622. The molecule has 0 aromatic carbocycles. The SMILES string of the molecule is COC(=O)C(C)(N)CCSc1nc(C)co1. The summed E-state index contributed by atoms with van der Waals surface area (Å²) in [5, 5.41) is 0.596. The van der Waals surface area contributed by atoms with Crippen LogP contribution in [0.25, 0.3) is 0 Å². The van der Waals surface area contributed by atoms with Crippen molar-refractivity contribution in [3.63, 3.8) is 0 Å². The molecule has 1 rings (SSSR count). The molecule has 0 spiro atoms. The Morgan fingerprint density at radius 3 is 2.94 bits per heavy atom. The third kappa shape index (κ3) is 3.53. The number of hydrogen-bond acceptors (Lipinski definition) is 6. The van der Waals surface area contributed by atoms with Gasteiger partial charge in [-0.05, 0) is 20.3 Å². The van der Waals surface area contributed by atoms with E-state index in [0.29, 0.717) is 17.4 Å². The molecule has 1 aromatic rings. The van der Waals surface area contributed by atoms with E-state index in [0.717, 1.165) is 5.69 Å². The van der Waals surface area contributed by atoms with Crippen LogP contribution in [-0.2, 0) is 9.53 Å². The van der Waals surface area contributed by atoms with E-state index in [1.54, 1.807) is 13.2 Å². The first-order valence-electron chi connectivity index (χ1n) is 4.88. The number of methoxy groups -OCH3 is 1. The Balaban J connectivity index is 2.38. The Labute approximate surface area is 98.7 Å². The number of nitrogens with two attached hydrogens (primary N) is 1. The molecule has 1 heterocycles. The molecule has 2 N–H and O–H groups in total. The lowest BCUT2D eigenvalue weighted by Gasteiger charge is -2.20. The molecule has 0 aliphatic heterocycles. The molecule has 0 saturated carbocycles. The van der Waals surface area contributed by atoms with Crippen molar-refractivity contribution in [3.8, 4) is 0 Å². The number of esters is 1. The van der Waals surface area contributed by atoms with Crippen LogP contribution in [0.1, 0.15) is 19.0 Å². The molecule has 0 bridgehead atoms. The summed E-state index contributed by atoms with van der Waals surface area (Å²) in [6.45, 7) is 3.51. The molecule has 0 radical (unpaired) electrons. The Morgan fingerprint density at radius 2 is 2.44 bits per heavy atom. The van der Waals surface area contributed by atoms with Crippen molar-refractivity contribution in [2.75, 3.05) is 12.9 Å². The number of carbonyl (C=O) groups is 1. The highest BCUT2D eigenvalue weighted by molar-refractivity contribution is 7.99. The van der Waals surface area contributed by atoms with E-state index in [2.05, 4.69) is 9.72 Å². The molecule has 16 heavy (non-hydrogen) atoms. The van der Waals surface area contributed by atoms with Gasteiger partial charge in [0.1, 0.15) is 11.8 Å². The average molecular weight is 244 g/mol. The van der Waals surface area contributed by atoms with Gasteiger partial charge in [-0.2, -0.15) is 0 Å². The largest absolute Gasteiger partial charge is 0.468 e. The van der Waals surface area contributed by atoms with Gasteiger partial charge in [0, 0.05) is 5.75 Å². The molecule has 6 heteroatoms. The van der Waals surface area contributed by atoms with Gasteiger partial charge in [0.25, 0.3) is 5.22 Å². The van der Waals surface area contributed by atoms with E-state index in [1.165, 1.54) is 18.9 Å². The molecule has 5 nitrogen and oxygen atoms in total. The van der Waals surface area contributed by atoms with Gasteiger partial charge in [0.05, 0.1) is 12.8 Å². The van der Waals surface area contributed by atoms with E-state index in [9.17, 15) is 4.79 Å². The number of aromatic nitrogens is 1. The Bertz CT molecular complexity index is 363. The predicted octanol–water partition coefficient (Wildman–Crippen LogP) is 1.36. The number of thioether (sulfide) groups is 1. The Kier molecular flexibility index (Phi) is 4.37. The zero-order chi connectivity index (χ0) is 12.2. The van der Waals surface area contributed by atoms with E-state index < -0.39 is 11.5 Å². The topological polar surface area (TPSA) is 78.4 Å². The zero-order valence-corrected chi connectivity index (χ0v) is 10.5. The van der Waals surface area contributed by atoms with Crippen LogP contribution in [0.4, 0.5) is 0 Å². The van der Waals surface area contributed by atoms with Gasteiger partial charge < -0.3 is 14.9 Å². The maximum Gasteiger partial charge on any atom is 0.325 e. The molecule has 0 aliphatic carbocycles. The van der Waals surface area contributed by atoms with Gasteiger partial charge in [-0.25, -0.2) is 4.98 Å². The van der Waals surface area contributed by atoms with Gasteiger partial charge in [0.15, 0.2) is 0 Å². The summed E-state index contributed by atoms with van der Waals surface area (Å²) in [4.78, 5) is 15.4. The van der Waals surface area contributed by atoms with Crippen LogP contribution >= 0.6 is 11.8 Å². The van der Waals surface area contributed by atoms with Gasteiger partial charge in [0.2, 0.25) is 0 Å². The van der Waals surface area contributed by atoms with E-state index >= 15 is 0 Å². The summed E-state index contributed by atoms with van der Waals surface area (Å²) in [5.41, 5.74) is 5.69. The van der Waals surface area contributed by atoms with Crippen LogP contribution in [0.15, 0.2) is 15.9 Å². The van der Waals surface area contributed by atoms with Crippen LogP contribution in [-0.4, -0.2) is 29.4 Å². The van der Waals surface area contributed by atoms with Crippen molar-refractivity contribution in [1.82, 2.24) is 4.98 Å². The van der Waals surface area contributed by atoms with Crippen molar-refractivity contribution in [2.45, 2.75) is 31.0 Å². The zero-order valence-electron chi connectivity index (χ0n) is 9.65. The second-order valence-corrected chi connectivity index (χ2v) is 4.81. The molecule has 1 atom stereocenters. The molecule has 0 fully saturated rings. The van der Waals surface area contributed by atoms with E-state index in [4.69, 9.17) is 10.2 Å². The van der Waals surface area contributed by atoms with Crippen molar-refractivity contribution in [3.05, 3.63) is 12.0 Å². The van der Waals surface area contributed by atoms with Crippen molar-refractivity contribution >= 4 is 17.7 Å². The minimum atomic E-state index is -0.955. The Morgan fingerprint density at radius 1 is 1.75 bits per heavy atom. The standard InChI is InChI=1S/C10H16N2O3S/c1-7-6-15-9(12-7)16-5-4-10(2,11)8(13)14-3/h6H,4-5,11H2,1-3H3. The predicted molar refractivity (Wildman–Crippen MR) is 61.2 cm³/mol. The summed E-state index contributed by atoms with van der Waals surface area (Å²) < 4.78 is 9.77. The summed E-state index contributed by atoms with van der Waals surface area (Å²) in [7, 11) is 1.33. The number of nitrogens with zero attached hydrogens (tertiary/aromatic N) is 1. The molecule has 0 saturated heterocycles. The molecule has 1 aromatic heterocycles. The normalized spacial score (nSPS) is 14.5. The Hall–Kier alpha value is -1.01. The molecular formula is C10H16N2O3S. The molecular weight excluding hydrogens is 228 g/mol. The molecule has 1 unspecified atom stereocenters. The smallest absolute Gasteiger partial charge is 0.325 e. The van der Waals surface area contributed by atoms with Crippen LogP contribution in [0, 0.1) is 6.92 Å². The van der Waals surface area contributed by atoms with Crippen LogP contribution in [0.2, 0.25) is 0 Å². The van der Waals surface area contributed by atoms with Gasteiger partial charge >= 0.3 is 5.97 Å². The first-order chi connectivity index (χ1) is 7.45. The van der Waals surface area contributed by atoms with Crippen LogP contribution in [0.5, 0.6) is 0 Å². The average Bonchev–Trinajstić information content (AvgIpc) is 2.62. The summed E-state index contributed by atoms with van der Waals surface area (Å²) >= 11 is 1.43. The highest BCUT2D eigenvalue weighted by Gasteiger charge is 2.28. The maximum atomic E-state index is 11.3. The third-order valence-corrected chi connectivity index (χ3v) is 2.94. The van der Waals surface area contributed by atoms with Crippen molar-refractivity contribution in [1.29, 1.82) is 0 Å². The third-order valence-electron chi connectivity index (χ3n) is 2.10. The number of ether oxygens (including phenoxy) is 1. The van der Waals surface area contributed by atoms with Gasteiger partial charge in [-0.15, -0.1) is 0 Å². The first kappa shape index (κ1) is 13.1. The number of carbonyl (C=O) groups excluding carboxylic acids is 1. The second kappa shape index (κ2) is 5.36. The van der Waals surface area contributed by atoms with Crippen LogP contribution < -0.4 is 5.73 Å². The lowest BCUT2D eigenvalue weighted by Crippen LogP contribution is -2.46. The van der Waals surface area contributed by atoms with Crippen molar-refractivity contribution in [2.24, 2.45) is 5.73 Å². The monoisotopic (exact) mass is 244 g/mol. The highest BCUT2D eigenvalue weighted by Crippen LogP contribution is 2.20. The van der Waals surface area contributed by atoms with Gasteiger partial charge in [-0.3, -0.25) is 4.79 Å². The number of rotatable bonds is 5. The number of hydrogen-bond donors (Lipinski definition) is 1. The van der Waals surface area contributed by atoms with Crippen LogP contribution in [0.3, 0.4) is 0 Å². The van der Waals surface area contributed by atoms with Gasteiger partial charge in [-0.1, -0.05) is 11.8 Å². The van der Waals surface area contributed by atoms with E-state index in [1.807, 2.05) is 6.92 Å². The second-order valence-electron chi connectivity index (χ2n) is 3.76. The fourth-order valence-corrected chi connectivity index (χ4v) is 2.11.